The van der Waals surface area contributed by atoms with Crippen LogP contribution in [-0.4, -0.2) is 33.2 Å². The second kappa shape index (κ2) is 10.7. The average molecular weight is 397 g/mol. The molecule has 0 unspecified atom stereocenters. The Hall–Kier alpha value is -1.56. The molecule has 1 N–H and O–H groups in total. The van der Waals surface area contributed by atoms with Crippen LogP contribution in [0.4, 0.5) is 5.69 Å². The van der Waals surface area contributed by atoms with Gasteiger partial charge >= 0.3 is 0 Å². The molecule has 0 spiro atoms. The van der Waals surface area contributed by atoms with Crippen molar-refractivity contribution in [2.45, 2.75) is 72.8 Å². The van der Waals surface area contributed by atoms with Gasteiger partial charge in [0.2, 0.25) is 15.9 Å². The molecule has 0 radical (unpaired) electrons. The van der Waals surface area contributed by atoms with Gasteiger partial charge in [-0.3, -0.25) is 9.10 Å². The number of benzene rings is 1. The lowest BCUT2D eigenvalue weighted by molar-refractivity contribution is -0.122. The van der Waals surface area contributed by atoms with Crippen molar-refractivity contribution in [3.63, 3.8) is 0 Å². The van der Waals surface area contributed by atoms with Crippen LogP contribution in [0.2, 0.25) is 0 Å². The molecule has 2 atom stereocenters. The third-order valence-corrected chi connectivity index (χ3v) is 6.36. The largest absolute Gasteiger partial charge is 0.354 e. The second-order valence-corrected chi connectivity index (χ2v) is 9.27. The van der Waals surface area contributed by atoms with Crippen LogP contribution in [-0.2, 0) is 14.8 Å². The summed E-state index contributed by atoms with van der Waals surface area (Å²) in [6.45, 7) is 10.6. The molecular weight excluding hydrogens is 360 g/mol. The number of carbonyl (C=O) groups excluding carboxylic acids is 1. The monoisotopic (exact) mass is 396 g/mol. The average Bonchev–Trinajstić information content (AvgIpc) is 2.61. The van der Waals surface area contributed by atoms with E-state index in [0.29, 0.717) is 24.6 Å². The molecule has 0 saturated carbocycles. The highest BCUT2D eigenvalue weighted by Gasteiger charge is 2.31. The van der Waals surface area contributed by atoms with Crippen LogP contribution in [0.15, 0.2) is 18.2 Å². The highest BCUT2D eigenvalue weighted by atomic mass is 32.2. The number of hydrogen-bond donors (Lipinski definition) is 1. The third kappa shape index (κ3) is 6.83. The maximum atomic E-state index is 12.9. The molecular formula is C21H36N2O3S. The number of aryl methyl sites for hydroxylation is 2. The van der Waals surface area contributed by atoms with Gasteiger partial charge in [0.1, 0.15) is 6.04 Å². The predicted molar refractivity (Wildman–Crippen MR) is 114 cm³/mol. The minimum absolute atomic E-state index is 0.226. The van der Waals surface area contributed by atoms with Crippen molar-refractivity contribution in [1.82, 2.24) is 5.32 Å². The van der Waals surface area contributed by atoms with Gasteiger partial charge in [0.05, 0.1) is 11.9 Å². The molecule has 1 amide bonds. The van der Waals surface area contributed by atoms with Crippen molar-refractivity contribution in [2.24, 2.45) is 5.92 Å². The summed E-state index contributed by atoms with van der Waals surface area (Å²) in [4.78, 5) is 12.9. The van der Waals surface area contributed by atoms with E-state index in [-0.39, 0.29) is 5.91 Å². The van der Waals surface area contributed by atoms with Crippen molar-refractivity contribution in [3.8, 4) is 0 Å². The molecule has 1 rings (SSSR count). The molecule has 27 heavy (non-hydrogen) atoms. The summed E-state index contributed by atoms with van der Waals surface area (Å²) in [6.07, 6.45) is 5.94. The standard InChI is InChI=1S/C21H36N2O3S/c1-7-10-11-18(8-2)15-22-21(24)20(9-3)23(27(6,25)26)19-13-12-16(4)17(5)14-19/h12-14,18,20H,7-11,15H2,1-6H3,(H,22,24)/t18-,20-/m0/s1. The summed E-state index contributed by atoms with van der Waals surface area (Å²) in [5.74, 6) is 0.204. The summed E-state index contributed by atoms with van der Waals surface area (Å²) in [7, 11) is -3.59. The van der Waals surface area contributed by atoms with Crippen LogP contribution in [0, 0.1) is 19.8 Å². The summed E-state index contributed by atoms with van der Waals surface area (Å²) in [5, 5.41) is 3.00. The van der Waals surface area contributed by atoms with Gasteiger partial charge in [-0.1, -0.05) is 46.1 Å². The molecule has 1 aromatic carbocycles. The fourth-order valence-electron chi connectivity index (χ4n) is 3.23. The zero-order valence-corrected chi connectivity index (χ0v) is 18.5. The van der Waals surface area contributed by atoms with Crippen LogP contribution in [0.25, 0.3) is 0 Å². The van der Waals surface area contributed by atoms with Crippen molar-refractivity contribution in [3.05, 3.63) is 29.3 Å². The summed E-state index contributed by atoms with van der Waals surface area (Å²) >= 11 is 0. The van der Waals surface area contributed by atoms with E-state index in [1.165, 1.54) is 4.31 Å². The van der Waals surface area contributed by atoms with Crippen molar-refractivity contribution in [2.75, 3.05) is 17.1 Å². The number of sulfonamides is 1. The van der Waals surface area contributed by atoms with Gasteiger partial charge < -0.3 is 5.32 Å². The Kier molecular flexibility index (Phi) is 9.30. The number of nitrogens with one attached hydrogen (secondary N) is 1. The summed E-state index contributed by atoms with van der Waals surface area (Å²) in [6, 6.07) is 4.76. The number of unbranched alkanes of at least 4 members (excludes halogenated alkanes) is 1. The first-order chi connectivity index (χ1) is 12.6. The molecule has 1 aromatic rings. The fourth-order valence-corrected chi connectivity index (χ4v) is 4.43. The predicted octanol–water partition coefficient (Wildman–Crippen LogP) is 4.18. The molecule has 0 heterocycles. The van der Waals surface area contributed by atoms with E-state index in [1.54, 1.807) is 6.07 Å². The maximum absolute atomic E-state index is 12.9. The number of rotatable bonds is 11. The lowest BCUT2D eigenvalue weighted by atomic mass is 9.99. The minimum atomic E-state index is -3.59. The van der Waals surface area contributed by atoms with Gasteiger partial charge in [0.15, 0.2) is 0 Å². The lowest BCUT2D eigenvalue weighted by Crippen LogP contribution is -2.50. The molecule has 0 aliphatic carbocycles. The van der Waals surface area contributed by atoms with Gasteiger partial charge in [-0.2, -0.15) is 0 Å². The normalized spacial score (nSPS) is 13.9. The molecule has 0 saturated heterocycles. The van der Waals surface area contributed by atoms with Crippen LogP contribution < -0.4 is 9.62 Å². The first-order valence-electron chi connectivity index (χ1n) is 9.99. The second-order valence-electron chi connectivity index (χ2n) is 7.41. The van der Waals surface area contributed by atoms with Crippen molar-refractivity contribution >= 4 is 21.6 Å². The zero-order chi connectivity index (χ0) is 20.6. The van der Waals surface area contributed by atoms with E-state index in [9.17, 15) is 13.2 Å². The molecule has 5 nitrogen and oxygen atoms in total. The van der Waals surface area contributed by atoms with E-state index < -0.39 is 16.1 Å². The molecule has 0 bridgehead atoms. The topological polar surface area (TPSA) is 66.5 Å². The van der Waals surface area contributed by atoms with Gasteiger partial charge in [0, 0.05) is 6.54 Å². The van der Waals surface area contributed by atoms with Crippen LogP contribution >= 0.6 is 0 Å². The summed E-state index contributed by atoms with van der Waals surface area (Å²) in [5.41, 5.74) is 2.63. The molecule has 0 aliphatic rings. The Labute approximate surface area is 165 Å². The Morgan fingerprint density at radius 3 is 2.26 bits per heavy atom. The first-order valence-corrected chi connectivity index (χ1v) is 11.8. The van der Waals surface area contributed by atoms with Crippen LogP contribution in [0.5, 0.6) is 0 Å². The molecule has 154 valence electrons. The van der Waals surface area contributed by atoms with E-state index >= 15 is 0 Å². The van der Waals surface area contributed by atoms with E-state index in [4.69, 9.17) is 0 Å². The highest BCUT2D eigenvalue weighted by Crippen LogP contribution is 2.25. The Morgan fingerprint density at radius 1 is 1.11 bits per heavy atom. The molecule has 6 heteroatoms. The quantitative estimate of drug-likeness (QED) is 0.610. The van der Waals surface area contributed by atoms with Gasteiger partial charge in [-0.25, -0.2) is 8.42 Å². The van der Waals surface area contributed by atoms with Crippen LogP contribution in [0.1, 0.15) is 64.0 Å². The third-order valence-electron chi connectivity index (χ3n) is 5.18. The van der Waals surface area contributed by atoms with E-state index in [2.05, 4.69) is 19.2 Å². The molecule has 0 aromatic heterocycles. The fraction of sp³-hybridized carbons (Fsp3) is 0.667. The lowest BCUT2D eigenvalue weighted by Gasteiger charge is -2.31. The smallest absolute Gasteiger partial charge is 0.243 e. The Bertz CT molecular complexity index is 716. The zero-order valence-electron chi connectivity index (χ0n) is 17.7. The summed E-state index contributed by atoms with van der Waals surface area (Å²) < 4.78 is 26.3. The Morgan fingerprint density at radius 2 is 1.78 bits per heavy atom. The van der Waals surface area contributed by atoms with Gasteiger partial charge in [0.25, 0.3) is 0 Å². The molecule has 0 aliphatic heterocycles. The minimum Gasteiger partial charge on any atom is -0.354 e. The number of amides is 1. The van der Waals surface area contributed by atoms with Crippen LogP contribution in [0.3, 0.4) is 0 Å². The van der Waals surface area contributed by atoms with Gasteiger partial charge in [-0.15, -0.1) is 0 Å². The van der Waals surface area contributed by atoms with Gasteiger partial charge in [-0.05, 0) is 55.9 Å². The molecule has 0 fully saturated rings. The van der Waals surface area contributed by atoms with Crippen molar-refractivity contribution < 1.29 is 13.2 Å². The van der Waals surface area contributed by atoms with E-state index in [0.717, 1.165) is 43.1 Å². The first kappa shape index (κ1) is 23.5. The SMILES string of the molecule is CCCC[C@H](CC)CNC(=O)[C@H](CC)N(c1ccc(C)c(C)c1)S(C)(=O)=O. The van der Waals surface area contributed by atoms with E-state index in [1.807, 2.05) is 32.9 Å². The number of carbonyl (C=O) groups is 1. The number of anilines is 1. The Balaban J connectivity index is 3.04. The van der Waals surface area contributed by atoms with Crippen molar-refractivity contribution in [1.29, 1.82) is 0 Å². The number of nitrogens with zero attached hydrogens (tertiary/aromatic N) is 1. The number of hydrogen-bond acceptors (Lipinski definition) is 3. The maximum Gasteiger partial charge on any atom is 0.243 e. The highest BCUT2D eigenvalue weighted by molar-refractivity contribution is 7.92.